The number of hydrogen-bond donors (Lipinski definition) is 2. The Bertz CT molecular complexity index is 2050. The summed E-state index contributed by atoms with van der Waals surface area (Å²) in [6, 6.07) is 54.7. The number of ether oxygens (including phenoxy) is 1. The quantitative estimate of drug-likeness (QED) is 0.109. The molecule has 270 valence electrons. The minimum Gasteiger partial charge on any atom is -0.449 e. The van der Waals surface area contributed by atoms with E-state index in [0.717, 1.165) is 44.5 Å². The van der Waals surface area contributed by atoms with Crippen molar-refractivity contribution >= 4 is 29.5 Å². The number of benzene rings is 6. The summed E-state index contributed by atoms with van der Waals surface area (Å²) in [5.74, 6) is -0.484. The third-order valence-electron chi connectivity index (χ3n) is 10.0. The second-order valence-electron chi connectivity index (χ2n) is 13.5. The minimum atomic E-state index is -0.989. The molecule has 0 fully saturated rings. The SMILES string of the molecule is CC(=O)[C@H](CSC(c1ccccc1)(c1ccccc1)c1ccccc1)NC(=O)[C@H](Cc1ccccc1)NC(=O)OCC1c2ccccc2-c2ccccc21. The Morgan fingerprint density at radius 1 is 0.593 bits per heavy atom. The van der Waals surface area contributed by atoms with Crippen LogP contribution in [0, 0.1) is 0 Å². The molecule has 2 N–H and O–H groups in total. The van der Waals surface area contributed by atoms with E-state index in [1.807, 2.05) is 109 Å². The first-order valence-electron chi connectivity index (χ1n) is 18.2. The van der Waals surface area contributed by atoms with Crippen LogP contribution in [0.5, 0.6) is 0 Å². The lowest BCUT2D eigenvalue weighted by molar-refractivity contribution is -0.127. The standard InChI is InChI=1S/C47H42N2O4S/c1-33(50)44(32-54-47(35-20-8-3-9-21-35,36-22-10-4-11-23-36)37-24-12-5-13-25-37)48-45(51)43(30-34-18-6-2-7-19-34)49-46(52)53-31-42-40-28-16-14-26-38(40)39-27-15-17-29-41(39)42/h2-29,42-44H,30-32H2,1H3,(H,48,51)(H,49,52)/t43-,44-/m0/s1. The molecule has 6 nitrogen and oxygen atoms in total. The average molecular weight is 731 g/mol. The highest BCUT2D eigenvalue weighted by molar-refractivity contribution is 8.00. The zero-order valence-electron chi connectivity index (χ0n) is 30.1. The third kappa shape index (κ3) is 7.87. The van der Waals surface area contributed by atoms with Crippen molar-refractivity contribution < 1.29 is 19.1 Å². The molecule has 0 spiro atoms. The summed E-state index contributed by atoms with van der Waals surface area (Å²) in [5, 5.41) is 5.85. The van der Waals surface area contributed by atoms with E-state index in [4.69, 9.17) is 4.74 Å². The molecule has 0 bridgehead atoms. The predicted octanol–water partition coefficient (Wildman–Crippen LogP) is 8.94. The van der Waals surface area contributed by atoms with Crippen molar-refractivity contribution in [1.82, 2.24) is 10.6 Å². The highest BCUT2D eigenvalue weighted by Gasteiger charge is 2.39. The van der Waals surface area contributed by atoms with Gasteiger partial charge in [0.1, 0.15) is 12.6 Å². The fraction of sp³-hybridized carbons (Fsp3) is 0.170. The number of thioether (sulfide) groups is 1. The number of fused-ring (bicyclic) bond motifs is 3. The van der Waals surface area contributed by atoms with Crippen LogP contribution in [0.1, 0.15) is 46.2 Å². The zero-order chi connectivity index (χ0) is 37.3. The molecule has 6 aromatic carbocycles. The van der Waals surface area contributed by atoms with E-state index in [2.05, 4.69) is 71.3 Å². The maximum absolute atomic E-state index is 14.2. The molecule has 6 aromatic rings. The van der Waals surface area contributed by atoms with Gasteiger partial charge in [-0.1, -0.05) is 170 Å². The normalized spacial score (nSPS) is 13.2. The van der Waals surface area contributed by atoms with Crippen LogP contribution < -0.4 is 10.6 Å². The lowest BCUT2D eigenvalue weighted by atomic mass is 9.84. The molecule has 0 radical (unpaired) electrons. The molecule has 0 saturated carbocycles. The highest BCUT2D eigenvalue weighted by Crippen LogP contribution is 2.49. The first-order valence-corrected chi connectivity index (χ1v) is 19.2. The van der Waals surface area contributed by atoms with E-state index >= 15 is 0 Å². The van der Waals surface area contributed by atoms with Gasteiger partial charge in [0.25, 0.3) is 0 Å². The molecule has 0 saturated heterocycles. The maximum atomic E-state index is 14.2. The first kappa shape index (κ1) is 36.4. The Morgan fingerprint density at radius 3 is 1.52 bits per heavy atom. The molecule has 2 amide bonds. The molecule has 7 heteroatoms. The van der Waals surface area contributed by atoms with Crippen LogP contribution in [-0.4, -0.2) is 42.2 Å². The fourth-order valence-corrected chi connectivity index (χ4v) is 8.99. The smallest absolute Gasteiger partial charge is 0.407 e. The van der Waals surface area contributed by atoms with Gasteiger partial charge in [0.05, 0.1) is 10.8 Å². The molecule has 0 unspecified atom stereocenters. The first-order chi connectivity index (χ1) is 26.4. The van der Waals surface area contributed by atoms with Crippen molar-refractivity contribution in [2.24, 2.45) is 0 Å². The van der Waals surface area contributed by atoms with Gasteiger partial charge in [0, 0.05) is 18.1 Å². The van der Waals surface area contributed by atoms with Crippen molar-refractivity contribution in [3.63, 3.8) is 0 Å². The number of Topliss-reactive ketones (excluding diaryl/α,β-unsaturated/α-hetero) is 1. The van der Waals surface area contributed by atoms with Crippen molar-refractivity contribution in [2.75, 3.05) is 12.4 Å². The van der Waals surface area contributed by atoms with Gasteiger partial charge >= 0.3 is 6.09 Å². The third-order valence-corrected chi connectivity index (χ3v) is 11.7. The Kier molecular flexibility index (Phi) is 11.4. The second kappa shape index (κ2) is 16.8. The number of hydrogen-bond acceptors (Lipinski definition) is 5. The van der Waals surface area contributed by atoms with Crippen LogP contribution in [0.15, 0.2) is 170 Å². The summed E-state index contributed by atoms with van der Waals surface area (Å²) in [6.45, 7) is 1.61. The van der Waals surface area contributed by atoms with Crippen LogP contribution in [-0.2, 0) is 25.5 Å². The molecule has 0 aromatic heterocycles. The largest absolute Gasteiger partial charge is 0.449 e. The number of rotatable bonds is 14. The number of nitrogens with one attached hydrogen (secondary N) is 2. The Balaban J connectivity index is 1.11. The molecule has 0 aliphatic heterocycles. The summed E-state index contributed by atoms with van der Waals surface area (Å²) in [4.78, 5) is 41.0. The molecule has 1 aliphatic rings. The van der Waals surface area contributed by atoms with E-state index in [-0.39, 0.29) is 30.5 Å². The summed E-state index contributed by atoms with van der Waals surface area (Å²) in [5.41, 5.74) is 8.50. The van der Waals surface area contributed by atoms with Crippen LogP contribution in [0.4, 0.5) is 4.79 Å². The molecule has 1 aliphatic carbocycles. The monoisotopic (exact) mass is 730 g/mol. The average Bonchev–Trinajstić information content (AvgIpc) is 3.54. The van der Waals surface area contributed by atoms with Gasteiger partial charge < -0.3 is 15.4 Å². The van der Waals surface area contributed by atoms with E-state index < -0.39 is 28.8 Å². The van der Waals surface area contributed by atoms with Crippen molar-refractivity contribution in [3.8, 4) is 11.1 Å². The topological polar surface area (TPSA) is 84.5 Å². The van der Waals surface area contributed by atoms with Gasteiger partial charge in [-0.15, -0.1) is 11.8 Å². The Hall–Kier alpha value is -5.92. The van der Waals surface area contributed by atoms with Gasteiger partial charge in [0.2, 0.25) is 5.91 Å². The summed E-state index contributed by atoms with van der Waals surface area (Å²) in [6.07, 6.45) is -0.477. The number of alkyl carbamates (subject to hydrolysis) is 1. The molecule has 0 heterocycles. The summed E-state index contributed by atoms with van der Waals surface area (Å²) in [7, 11) is 0. The molecule has 2 atom stereocenters. The van der Waals surface area contributed by atoms with Crippen LogP contribution in [0.2, 0.25) is 0 Å². The molecular weight excluding hydrogens is 689 g/mol. The summed E-state index contributed by atoms with van der Waals surface area (Å²) < 4.78 is 5.17. The zero-order valence-corrected chi connectivity index (χ0v) is 30.9. The van der Waals surface area contributed by atoms with Gasteiger partial charge in [-0.2, -0.15) is 0 Å². The minimum absolute atomic E-state index is 0.118. The molecule has 7 rings (SSSR count). The van der Waals surface area contributed by atoms with Crippen molar-refractivity contribution in [2.45, 2.75) is 36.1 Å². The van der Waals surface area contributed by atoms with Crippen molar-refractivity contribution in [1.29, 1.82) is 0 Å². The maximum Gasteiger partial charge on any atom is 0.407 e. The number of ketones is 1. The molecule has 54 heavy (non-hydrogen) atoms. The highest BCUT2D eigenvalue weighted by atomic mass is 32.2. The lowest BCUT2D eigenvalue weighted by Gasteiger charge is -2.36. The van der Waals surface area contributed by atoms with E-state index in [0.29, 0.717) is 0 Å². The Labute approximate surface area is 321 Å². The number of carbonyl (C=O) groups is 3. The van der Waals surface area contributed by atoms with E-state index in [1.54, 1.807) is 11.8 Å². The van der Waals surface area contributed by atoms with E-state index in [1.165, 1.54) is 6.92 Å². The van der Waals surface area contributed by atoms with E-state index in [9.17, 15) is 14.4 Å². The van der Waals surface area contributed by atoms with Crippen LogP contribution in [0.3, 0.4) is 0 Å². The van der Waals surface area contributed by atoms with Gasteiger partial charge in [-0.3, -0.25) is 9.59 Å². The van der Waals surface area contributed by atoms with Gasteiger partial charge in [-0.05, 0) is 51.4 Å². The van der Waals surface area contributed by atoms with Crippen LogP contribution in [0.25, 0.3) is 11.1 Å². The predicted molar refractivity (Wildman–Crippen MR) is 216 cm³/mol. The fourth-order valence-electron chi connectivity index (χ4n) is 7.35. The number of carbonyl (C=O) groups excluding carboxylic acids is 3. The molecular formula is C47H42N2O4S. The number of amides is 2. The van der Waals surface area contributed by atoms with Crippen molar-refractivity contribution in [3.05, 3.63) is 203 Å². The lowest BCUT2D eigenvalue weighted by Crippen LogP contribution is -2.53. The second-order valence-corrected chi connectivity index (χ2v) is 14.7. The van der Waals surface area contributed by atoms with Gasteiger partial charge in [-0.25, -0.2) is 4.79 Å². The Morgan fingerprint density at radius 2 is 1.04 bits per heavy atom. The summed E-state index contributed by atoms with van der Waals surface area (Å²) >= 11 is 1.60. The van der Waals surface area contributed by atoms with Crippen LogP contribution >= 0.6 is 11.8 Å². The van der Waals surface area contributed by atoms with Gasteiger partial charge in [0.15, 0.2) is 5.78 Å².